The van der Waals surface area contributed by atoms with Gasteiger partial charge in [0, 0.05) is 30.5 Å². The molecule has 4 rings (SSSR count). The van der Waals surface area contributed by atoms with E-state index < -0.39 is 0 Å². The summed E-state index contributed by atoms with van der Waals surface area (Å²) < 4.78 is 0. The zero-order chi connectivity index (χ0) is 22.3. The van der Waals surface area contributed by atoms with Crippen LogP contribution in [0.4, 0.5) is 11.8 Å². The van der Waals surface area contributed by atoms with E-state index in [-0.39, 0.29) is 6.10 Å². The molecule has 0 unspecified atom stereocenters. The third kappa shape index (κ3) is 6.17. The van der Waals surface area contributed by atoms with Crippen LogP contribution in [-0.2, 0) is 6.42 Å². The average Bonchev–Trinajstić information content (AvgIpc) is 3.30. The zero-order valence-corrected chi connectivity index (χ0v) is 19.5. The summed E-state index contributed by atoms with van der Waals surface area (Å²) in [4.78, 5) is 14.2. The van der Waals surface area contributed by atoms with Crippen molar-refractivity contribution < 1.29 is 5.11 Å². The zero-order valence-electron chi connectivity index (χ0n) is 19.5. The number of rotatable bonds is 9. The molecule has 7 heteroatoms. The van der Waals surface area contributed by atoms with Crippen molar-refractivity contribution in [2.75, 3.05) is 17.2 Å². The van der Waals surface area contributed by atoms with E-state index in [1.54, 1.807) is 0 Å². The molecule has 2 fully saturated rings. The maximum Gasteiger partial charge on any atom is 0.224 e. The average molecular weight is 439 g/mol. The standard InChI is InChI=1S/C25H38N6O/c1-3-5-17(2)29-25-28-16-22(24(31-25)30-19-8-10-21(32)11-9-19)23-12-7-18(15-27-23)14-20-6-4-13-26-20/h7,12,15-17,19-21,26,32H,3-6,8-11,13-14H2,1-2H3,(H2,28,29,30,31)/t17-,19-,20-,21-/m0/s1. The van der Waals surface area contributed by atoms with Gasteiger partial charge in [0.25, 0.3) is 0 Å². The highest BCUT2D eigenvalue weighted by Gasteiger charge is 2.22. The second-order valence-electron chi connectivity index (χ2n) is 9.49. The highest BCUT2D eigenvalue weighted by Crippen LogP contribution is 2.29. The highest BCUT2D eigenvalue weighted by atomic mass is 16.3. The Morgan fingerprint density at radius 2 is 1.97 bits per heavy atom. The first-order chi connectivity index (χ1) is 15.6. The van der Waals surface area contributed by atoms with Crippen LogP contribution in [0, 0.1) is 0 Å². The fraction of sp³-hybridized carbons (Fsp3) is 0.640. The normalized spacial score (nSPS) is 24.3. The molecule has 0 radical (unpaired) electrons. The van der Waals surface area contributed by atoms with Gasteiger partial charge in [0.15, 0.2) is 0 Å². The quantitative estimate of drug-likeness (QED) is 0.467. The molecule has 3 heterocycles. The van der Waals surface area contributed by atoms with Crippen LogP contribution in [0.3, 0.4) is 0 Å². The summed E-state index contributed by atoms with van der Waals surface area (Å²) in [5, 5.41) is 20.5. The van der Waals surface area contributed by atoms with Gasteiger partial charge in [-0.15, -0.1) is 0 Å². The van der Waals surface area contributed by atoms with Crippen LogP contribution in [0.5, 0.6) is 0 Å². The largest absolute Gasteiger partial charge is 0.393 e. The van der Waals surface area contributed by atoms with Gasteiger partial charge in [-0.2, -0.15) is 4.98 Å². The summed E-state index contributed by atoms with van der Waals surface area (Å²) in [7, 11) is 0. The molecular weight excluding hydrogens is 400 g/mol. The van der Waals surface area contributed by atoms with Crippen LogP contribution in [-0.4, -0.2) is 50.8 Å². The molecule has 32 heavy (non-hydrogen) atoms. The van der Waals surface area contributed by atoms with E-state index in [1.807, 2.05) is 12.4 Å². The molecule has 0 spiro atoms. The molecule has 2 aromatic heterocycles. The van der Waals surface area contributed by atoms with Gasteiger partial charge in [0.05, 0.1) is 17.4 Å². The summed E-state index contributed by atoms with van der Waals surface area (Å²) in [5.74, 6) is 1.47. The molecule has 0 aromatic carbocycles. The van der Waals surface area contributed by atoms with Crippen molar-refractivity contribution in [1.29, 1.82) is 0 Å². The Bertz CT molecular complexity index is 844. The lowest BCUT2D eigenvalue weighted by molar-refractivity contribution is 0.126. The van der Waals surface area contributed by atoms with E-state index in [4.69, 9.17) is 9.97 Å². The molecule has 7 nitrogen and oxygen atoms in total. The van der Waals surface area contributed by atoms with Crippen LogP contribution in [0.2, 0.25) is 0 Å². The van der Waals surface area contributed by atoms with Crippen molar-refractivity contribution in [2.24, 2.45) is 0 Å². The Labute approximate surface area is 191 Å². The van der Waals surface area contributed by atoms with E-state index >= 15 is 0 Å². The highest BCUT2D eigenvalue weighted by molar-refractivity contribution is 5.73. The van der Waals surface area contributed by atoms with Gasteiger partial charge in [-0.05, 0) is 76.5 Å². The lowest BCUT2D eigenvalue weighted by Crippen LogP contribution is -2.29. The van der Waals surface area contributed by atoms with Gasteiger partial charge in [0.1, 0.15) is 5.82 Å². The molecule has 1 saturated heterocycles. The second kappa shape index (κ2) is 11.1. The Morgan fingerprint density at radius 1 is 1.12 bits per heavy atom. The maximum atomic E-state index is 9.87. The molecule has 2 aromatic rings. The predicted molar refractivity (Wildman–Crippen MR) is 130 cm³/mol. The van der Waals surface area contributed by atoms with Gasteiger partial charge in [-0.1, -0.05) is 19.4 Å². The van der Waals surface area contributed by atoms with Crippen molar-refractivity contribution in [1.82, 2.24) is 20.3 Å². The summed E-state index contributed by atoms with van der Waals surface area (Å²) in [6, 6.07) is 5.47. The minimum absolute atomic E-state index is 0.173. The summed E-state index contributed by atoms with van der Waals surface area (Å²) in [6.45, 7) is 5.47. The van der Waals surface area contributed by atoms with Crippen LogP contribution < -0.4 is 16.0 Å². The van der Waals surface area contributed by atoms with Gasteiger partial charge >= 0.3 is 0 Å². The Kier molecular flexibility index (Phi) is 7.92. The van der Waals surface area contributed by atoms with Crippen molar-refractivity contribution in [3.63, 3.8) is 0 Å². The molecule has 2 aliphatic rings. The number of hydrogen-bond acceptors (Lipinski definition) is 7. The first-order valence-corrected chi connectivity index (χ1v) is 12.4. The Hall–Kier alpha value is -2.25. The Balaban J connectivity index is 1.53. The maximum absolute atomic E-state index is 9.87. The second-order valence-corrected chi connectivity index (χ2v) is 9.49. The molecule has 4 N–H and O–H groups in total. The van der Waals surface area contributed by atoms with Crippen LogP contribution in [0.15, 0.2) is 24.5 Å². The van der Waals surface area contributed by atoms with Gasteiger partial charge < -0.3 is 21.1 Å². The minimum Gasteiger partial charge on any atom is -0.393 e. The number of pyridine rings is 1. The molecule has 174 valence electrons. The number of aromatic nitrogens is 3. The topological polar surface area (TPSA) is 95.0 Å². The molecule has 0 bridgehead atoms. The molecule has 0 amide bonds. The molecule has 1 aliphatic carbocycles. The van der Waals surface area contributed by atoms with Crippen molar-refractivity contribution in [2.45, 2.75) is 95.9 Å². The summed E-state index contributed by atoms with van der Waals surface area (Å²) >= 11 is 0. The van der Waals surface area contributed by atoms with E-state index in [9.17, 15) is 5.11 Å². The number of nitrogens with zero attached hydrogens (tertiary/aromatic N) is 3. The number of hydrogen-bond donors (Lipinski definition) is 4. The van der Waals surface area contributed by atoms with Gasteiger partial charge in [0.2, 0.25) is 5.95 Å². The number of aliphatic hydroxyl groups is 1. The smallest absolute Gasteiger partial charge is 0.224 e. The van der Waals surface area contributed by atoms with Crippen molar-refractivity contribution >= 4 is 11.8 Å². The van der Waals surface area contributed by atoms with E-state index in [0.29, 0.717) is 24.1 Å². The van der Waals surface area contributed by atoms with Gasteiger partial charge in [-0.25, -0.2) is 4.98 Å². The summed E-state index contributed by atoms with van der Waals surface area (Å²) in [6.07, 6.45) is 13.0. The van der Waals surface area contributed by atoms with Crippen LogP contribution in [0.1, 0.15) is 70.8 Å². The molecule has 1 saturated carbocycles. The first kappa shape index (κ1) is 22.9. The number of nitrogens with one attached hydrogen (secondary N) is 3. The van der Waals surface area contributed by atoms with E-state index in [1.165, 1.54) is 18.4 Å². The van der Waals surface area contributed by atoms with Crippen molar-refractivity contribution in [3.05, 3.63) is 30.1 Å². The van der Waals surface area contributed by atoms with Crippen molar-refractivity contribution in [3.8, 4) is 11.3 Å². The SMILES string of the molecule is CCC[C@H](C)Nc1ncc(-c2ccc(C[C@@H]3CCCN3)cn2)c(N[C@H]2CC[C@H](O)CC2)n1. The number of anilines is 2. The van der Waals surface area contributed by atoms with Gasteiger partial charge in [-0.3, -0.25) is 4.98 Å². The molecule has 2 atom stereocenters. The number of aliphatic hydroxyl groups excluding tert-OH is 1. The van der Waals surface area contributed by atoms with Crippen LogP contribution in [0.25, 0.3) is 11.3 Å². The third-order valence-corrected chi connectivity index (χ3v) is 6.67. The van der Waals surface area contributed by atoms with E-state index in [2.05, 4.69) is 46.9 Å². The fourth-order valence-electron chi connectivity index (χ4n) is 4.81. The first-order valence-electron chi connectivity index (χ1n) is 12.4. The lowest BCUT2D eigenvalue weighted by Gasteiger charge is -2.27. The third-order valence-electron chi connectivity index (χ3n) is 6.67. The minimum atomic E-state index is -0.173. The fourth-order valence-corrected chi connectivity index (χ4v) is 4.81. The predicted octanol–water partition coefficient (Wildman–Crippen LogP) is 4.15. The van der Waals surface area contributed by atoms with Crippen LogP contribution >= 0.6 is 0 Å². The lowest BCUT2D eigenvalue weighted by atomic mass is 9.93. The Morgan fingerprint density at radius 3 is 2.66 bits per heavy atom. The molecule has 1 aliphatic heterocycles. The van der Waals surface area contributed by atoms with E-state index in [0.717, 1.165) is 68.6 Å². The summed E-state index contributed by atoms with van der Waals surface area (Å²) in [5.41, 5.74) is 3.08. The molecular formula is C25H38N6O. The monoisotopic (exact) mass is 438 g/mol.